The van der Waals surface area contributed by atoms with Crippen molar-refractivity contribution in [3.05, 3.63) is 34.3 Å². The zero-order chi connectivity index (χ0) is 14.2. The molecule has 1 heterocycles. The van der Waals surface area contributed by atoms with Crippen LogP contribution in [0.1, 0.15) is 23.7 Å². The van der Waals surface area contributed by atoms with E-state index in [-0.39, 0.29) is 17.7 Å². The number of carbonyl (C=O) groups excluding carboxylic acids is 1. The lowest BCUT2D eigenvalue weighted by Gasteiger charge is -2.30. The molecule has 0 bridgehead atoms. The highest BCUT2D eigenvalue weighted by molar-refractivity contribution is 9.10. The third-order valence-electron chi connectivity index (χ3n) is 2.79. The molecule has 0 spiro atoms. The van der Waals surface area contributed by atoms with Gasteiger partial charge in [0, 0.05) is 22.2 Å². The molecule has 102 valence electrons. The second-order valence-electron chi connectivity index (χ2n) is 4.32. The van der Waals surface area contributed by atoms with Crippen molar-refractivity contribution in [2.45, 2.75) is 25.5 Å². The van der Waals surface area contributed by atoms with Crippen molar-refractivity contribution < 1.29 is 18.7 Å². The van der Waals surface area contributed by atoms with Gasteiger partial charge >= 0.3 is 0 Å². The van der Waals surface area contributed by atoms with E-state index in [1.807, 2.05) is 0 Å². The fourth-order valence-corrected chi connectivity index (χ4v) is 2.11. The summed E-state index contributed by atoms with van der Waals surface area (Å²) in [5, 5.41) is 14.1. The van der Waals surface area contributed by atoms with Crippen molar-refractivity contribution in [3.8, 4) is 0 Å². The molecular formula is C12H11BrF2N2O2. The number of hydrogen-bond acceptors (Lipinski definition) is 3. The number of nitrogens with zero attached hydrogens (tertiary/aromatic N) is 2. The quantitative estimate of drug-likeness (QED) is 0.905. The number of aliphatic hydroxyl groups is 1. The summed E-state index contributed by atoms with van der Waals surface area (Å²) in [4.78, 5) is 12.1. The van der Waals surface area contributed by atoms with Crippen LogP contribution in [0.3, 0.4) is 0 Å². The van der Waals surface area contributed by atoms with Crippen LogP contribution in [0.15, 0.2) is 33.8 Å². The van der Waals surface area contributed by atoms with Gasteiger partial charge in [0.2, 0.25) is 5.72 Å². The average Bonchev–Trinajstić information content (AvgIpc) is 2.66. The first kappa shape index (κ1) is 14.1. The fraction of sp³-hybridized carbons (Fsp3) is 0.333. The highest BCUT2D eigenvalue weighted by Crippen LogP contribution is 2.32. The summed E-state index contributed by atoms with van der Waals surface area (Å²) < 4.78 is 26.7. The van der Waals surface area contributed by atoms with Gasteiger partial charge in [0.1, 0.15) is 0 Å². The van der Waals surface area contributed by atoms with Gasteiger partial charge in [-0.2, -0.15) is 10.1 Å². The molecule has 4 nitrogen and oxygen atoms in total. The van der Waals surface area contributed by atoms with Crippen molar-refractivity contribution in [1.29, 1.82) is 0 Å². The highest BCUT2D eigenvalue weighted by atomic mass is 79.9. The number of hydrazone groups is 1. The van der Waals surface area contributed by atoms with Crippen LogP contribution in [0.2, 0.25) is 0 Å². The largest absolute Gasteiger partial charge is 0.364 e. The Bertz CT molecular complexity index is 533. The standard InChI is InChI=1S/C12H11BrF2N2O2/c1-7-6-12(19,11(14)15)17(16-7)10(18)8-2-4-9(13)5-3-8/h2-5,11,19H,6H2,1H3/t12-/m1/s1. The molecule has 0 unspecified atom stereocenters. The van der Waals surface area contributed by atoms with E-state index in [9.17, 15) is 18.7 Å². The smallest absolute Gasteiger partial charge is 0.287 e. The molecule has 1 aliphatic rings. The van der Waals surface area contributed by atoms with Crippen LogP contribution in [0, 0.1) is 0 Å². The molecule has 0 fully saturated rings. The van der Waals surface area contributed by atoms with Gasteiger partial charge in [-0.05, 0) is 31.2 Å². The Hall–Kier alpha value is -1.34. The average molecular weight is 333 g/mol. The number of carbonyl (C=O) groups is 1. The van der Waals surface area contributed by atoms with Gasteiger partial charge in [0.15, 0.2) is 0 Å². The molecular weight excluding hydrogens is 322 g/mol. The normalized spacial score (nSPS) is 22.8. The molecule has 1 amide bonds. The Balaban J connectivity index is 2.34. The summed E-state index contributed by atoms with van der Waals surface area (Å²) in [5.41, 5.74) is -2.09. The van der Waals surface area contributed by atoms with Gasteiger partial charge in [0.25, 0.3) is 12.3 Å². The topological polar surface area (TPSA) is 52.9 Å². The highest BCUT2D eigenvalue weighted by Gasteiger charge is 2.51. The first-order chi connectivity index (χ1) is 8.84. The van der Waals surface area contributed by atoms with E-state index in [2.05, 4.69) is 21.0 Å². The predicted octanol–water partition coefficient (Wildman–Crippen LogP) is 2.62. The minimum Gasteiger partial charge on any atom is -0.364 e. The van der Waals surface area contributed by atoms with Gasteiger partial charge < -0.3 is 5.11 Å². The first-order valence-corrected chi connectivity index (χ1v) is 6.28. The van der Waals surface area contributed by atoms with Crippen molar-refractivity contribution in [3.63, 3.8) is 0 Å². The summed E-state index contributed by atoms with van der Waals surface area (Å²) in [6.45, 7) is 1.49. The minimum absolute atomic E-state index is 0.181. The van der Waals surface area contributed by atoms with Crippen molar-refractivity contribution in [2.75, 3.05) is 0 Å². The third-order valence-corrected chi connectivity index (χ3v) is 3.32. The summed E-state index contributed by atoms with van der Waals surface area (Å²) in [7, 11) is 0. The van der Waals surface area contributed by atoms with Crippen LogP contribution >= 0.6 is 15.9 Å². The SMILES string of the molecule is CC1=NN(C(=O)c2ccc(Br)cc2)[C@](O)(C(F)F)C1. The lowest BCUT2D eigenvalue weighted by atomic mass is 10.1. The van der Waals surface area contributed by atoms with Crippen LogP contribution < -0.4 is 0 Å². The predicted molar refractivity (Wildman–Crippen MR) is 69.0 cm³/mol. The van der Waals surface area contributed by atoms with Crippen molar-refractivity contribution >= 4 is 27.5 Å². The Morgan fingerprint density at radius 3 is 2.58 bits per heavy atom. The summed E-state index contributed by atoms with van der Waals surface area (Å²) in [5.74, 6) is -0.757. The van der Waals surface area contributed by atoms with Crippen LogP contribution in [0.5, 0.6) is 0 Å². The summed E-state index contributed by atoms with van der Waals surface area (Å²) >= 11 is 3.21. The van der Waals surface area contributed by atoms with Crippen molar-refractivity contribution in [2.24, 2.45) is 5.10 Å². The van der Waals surface area contributed by atoms with E-state index in [0.717, 1.165) is 4.47 Å². The maximum absolute atomic E-state index is 13.0. The second-order valence-corrected chi connectivity index (χ2v) is 5.23. The zero-order valence-electron chi connectivity index (χ0n) is 9.98. The molecule has 0 saturated carbocycles. The van der Waals surface area contributed by atoms with Crippen LogP contribution in [0.4, 0.5) is 8.78 Å². The fourth-order valence-electron chi connectivity index (χ4n) is 1.85. The summed E-state index contributed by atoms with van der Waals surface area (Å²) in [6, 6.07) is 6.17. The minimum atomic E-state index is -3.09. The molecule has 1 aromatic rings. The van der Waals surface area contributed by atoms with E-state index in [1.54, 1.807) is 12.1 Å². The van der Waals surface area contributed by atoms with Crippen LogP contribution in [-0.2, 0) is 0 Å². The van der Waals surface area contributed by atoms with E-state index in [0.29, 0.717) is 5.01 Å². The van der Waals surface area contributed by atoms with E-state index in [1.165, 1.54) is 19.1 Å². The number of benzene rings is 1. The van der Waals surface area contributed by atoms with E-state index in [4.69, 9.17) is 0 Å². The molecule has 0 radical (unpaired) electrons. The molecule has 0 saturated heterocycles. The molecule has 19 heavy (non-hydrogen) atoms. The Kier molecular flexibility index (Phi) is 3.69. The maximum atomic E-state index is 13.0. The van der Waals surface area contributed by atoms with Crippen LogP contribution in [0.25, 0.3) is 0 Å². The van der Waals surface area contributed by atoms with E-state index >= 15 is 0 Å². The van der Waals surface area contributed by atoms with Gasteiger partial charge in [0.05, 0.1) is 0 Å². The number of halogens is 3. The van der Waals surface area contributed by atoms with Crippen molar-refractivity contribution in [1.82, 2.24) is 5.01 Å². The molecule has 1 N–H and O–H groups in total. The van der Waals surface area contributed by atoms with Gasteiger partial charge in [-0.25, -0.2) is 8.78 Å². The lowest BCUT2D eigenvalue weighted by Crippen LogP contribution is -2.51. The molecule has 1 aromatic carbocycles. The van der Waals surface area contributed by atoms with E-state index < -0.39 is 18.1 Å². The molecule has 1 aliphatic heterocycles. The zero-order valence-corrected chi connectivity index (χ0v) is 11.6. The molecule has 7 heteroatoms. The number of rotatable bonds is 2. The Labute approximate surface area is 116 Å². The second kappa shape index (κ2) is 4.97. The third kappa shape index (κ3) is 2.52. The lowest BCUT2D eigenvalue weighted by molar-refractivity contribution is -0.164. The Morgan fingerprint density at radius 2 is 2.05 bits per heavy atom. The maximum Gasteiger partial charge on any atom is 0.287 e. The number of hydrogen-bond donors (Lipinski definition) is 1. The number of amides is 1. The van der Waals surface area contributed by atoms with Gasteiger partial charge in [-0.15, -0.1) is 0 Å². The molecule has 2 rings (SSSR count). The molecule has 0 aliphatic carbocycles. The van der Waals surface area contributed by atoms with Crippen LogP contribution in [-0.4, -0.2) is 33.9 Å². The monoisotopic (exact) mass is 332 g/mol. The number of alkyl halides is 2. The molecule has 1 atom stereocenters. The Morgan fingerprint density at radius 1 is 1.47 bits per heavy atom. The molecule has 0 aromatic heterocycles. The first-order valence-electron chi connectivity index (χ1n) is 5.49. The van der Waals surface area contributed by atoms with Gasteiger partial charge in [-0.3, -0.25) is 4.79 Å². The summed E-state index contributed by atoms with van der Waals surface area (Å²) in [6.07, 6.45) is -3.44. The van der Waals surface area contributed by atoms with Gasteiger partial charge in [-0.1, -0.05) is 15.9 Å².